The molecule has 0 aliphatic carbocycles. The molecule has 6 nitrogen and oxygen atoms in total. The van der Waals surface area contributed by atoms with E-state index in [1.165, 1.54) is 0 Å². The maximum atomic E-state index is 12.8. The standard InChI is InChI=1S/C24H27N5O/c1-2-9-23(30)29-15-7-6-13-21(29)24-27-20(18-10-8-14-25-17-18)16-22(28-24)26-19-11-4-3-5-12-19/h3-5,8,10-12,14,16-17,21H,2,6-7,9,13,15H2,1H3,(H,26,27,28)/t21-/m1/s1. The number of likely N-dealkylation sites (tertiary alicyclic amines) is 1. The smallest absolute Gasteiger partial charge is 0.223 e. The molecule has 6 heteroatoms. The zero-order chi connectivity index (χ0) is 20.8. The topological polar surface area (TPSA) is 71.0 Å². The van der Waals surface area contributed by atoms with Gasteiger partial charge in [0.05, 0.1) is 11.7 Å². The number of nitrogens with one attached hydrogen (secondary N) is 1. The molecule has 1 aliphatic rings. The highest BCUT2D eigenvalue weighted by Crippen LogP contribution is 2.32. The van der Waals surface area contributed by atoms with Crippen molar-refractivity contribution in [2.75, 3.05) is 11.9 Å². The molecule has 4 rings (SSSR count). The second-order valence-electron chi connectivity index (χ2n) is 7.58. The molecule has 0 radical (unpaired) electrons. The molecule has 1 saturated heterocycles. The number of carbonyl (C=O) groups excluding carboxylic acids is 1. The lowest BCUT2D eigenvalue weighted by Crippen LogP contribution is -2.39. The van der Waals surface area contributed by atoms with Crippen molar-refractivity contribution in [3.8, 4) is 11.3 Å². The summed E-state index contributed by atoms with van der Waals surface area (Å²) < 4.78 is 0. The third-order valence-corrected chi connectivity index (χ3v) is 5.33. The third-order valence-electron chi connectivity index (χ3n) is 5.33. The van der Waals surface area contributed by atoms with Crippen LogP contribution in [0, 0.1) is 0 Å². The van der Waals surface area contributed by atoms with Crippen molar-refractivity contribution in [3.05, 3.63) is 66.7 Å². The third kappa shape index (κ3) is 4.64. The summed E-state index contributed by atoms with van der Waals surface area (Å²) in [4.78, 5) is 28.7. The van der Waals surface area contributed by atoms with Gasteiger partial charge in [0.1, 0.15) is 5.82 Å². The molecule has 154 valence electrons. The highest BCUT2D eigenvalue weighted by atomic mass is 16.2. The first-order valence-electron chi connectivity index (χ1n) is 10.7. The summed E-state index contributed by atoms with van der Waals surface area (Å²) in [5.41, 5.74) is 2.70. The van der Waals surface area contributed by atoms with Crippen molar-refractivity contribution in [2.45, 2.75) is 45.1 Å². The minimum atomic E-state index is -0.0919. The lowest BCUT2D eigenvalue weighted by Gasteiger charge is -2.35. The summed E-state index contributed by atoms with van der Waals surface area (Å²) in [7, 11) is 0. The Morgan fingerprint density at radius 3 is 2.77 bits per heavy atom. The van der Waals surface area contributed by atoms with Gasteiger partial charge in [-0.1, -0.05) is 25.1 Å². The number of hydrogen-bond acceptors (Lipinski definition) is 5. The number of piperidine rings is 1. The van der Waals surface area contributed by atoms with Crippen LogP contribution in [0.3, 0.4) is 0 Å². The fourth-order valence-corrected chi connectivity index (χ4v) is 3.87. The second kappa shape index (κ2) is 9.48. The van der Waals surface area contributed by atoms with E-state index in [9.17, 15) is 4.79 Å². The largest absolute Gasteiger partial charge is 0.340 e. The molecule has 1 aromatic carbocycles. The molecule has 3 heterocycles. The van der Waals surface area contributed by atoms with Gasteiger partial charge in [0.25, 0.3) is 0 Å². The molecular formula is C24H27N5O. The van der Waals surface area contributed by atoms with E-state index in [0.29, 0.717) is 12.2 Å². The van der Waals surface area contributed by atoms with Crippen molar-refractivity contribution in [1.29, 1.82) is 0 Å². The van der Waals surface area contributed by atoms with E-state index in [-0.39, 0.29) is 11.9 Å². The number of aromatic nitrogens is 3. The van der Waals surface area contributed by atoms with Crippen LogP contribution in [0.5, 0.6) is 0 Å². The van der Waals surface area contributed by atoms with Gasteiger partial charge in [-0.3, -0.25) is 9.78 Å². The zero-order valence-electron chi connectivity index (χ0n) is 17.3. The Morgan fingerprint density at radius 2 is 2.00 bits per heavy atom. The van der Waals surface area contributed by atoms with E-state index in [0.717, 1.165) is 55.0 Å². The fraction of sp³-hybridized carbons (Fsp3) is 0.333. The van der Waals surface area contributed by atoms with Gasteiger partial charge in [-0.15, -0.1) is 0 Å². The van der Waals surface area contributed by atoms with Gasteiger partial charge >= 0.3 is 0 Å². The average Bonchev–Trinajstić information content (AvgIpc) is 2.80. The lowest BCUT2D eigenvalue weighted by molar-refractivity contribution is -0.135. The summed E-state index contributed by atoms with van der Waals surface area (Å²) in [6, 6.07) is 15.7. The molecule has 2 aromatic heterocycles. The van der Waals surface area contributed by atoms with Crippen molar-refractivity contribution < 1.29 is 4.79 Å². The first-order chi connectivity index (χ1) is 14.7. The van der Waals surface area contributed by atoms with Crippen molar-refractivity contribution in [2.24, 2.45) is 0 Å². The van der Waals surface area contributed by atoms with Gasteiger partial charge in [0.15, 0.2) is 5.82 Å². The molecule has 3 aromatic rings. The van der Waals surface area contributed by atoms with Gasteiger partial charge in [-0.05, 0) is 49.9 Å². The van der Waals surface area contributed by atoms with E-state index in [1.807, 2.05) is 60.4 Å². The van der Waals surface area contributed by atoms with Crippen LogP contribution < -0.4 is 5.32 Å². The number of hydrogen-bond donors (Lipinski definition) is 1. The molecule has 0 spiro atoms. The maximum Gasteiger partial charge on any atom is 0.223 e. The Labute approximate surface area is 177 Å². The molecule has 1 fully saturated rings. The second-order valence-corrected chi connectivity index (χ2v) is 7.58. The van der Waals surface area contributed by atoms with Crippen LogP contribution >= 0.6 is 0 Å². The van der Waals surface area contributed by atoms with E-state index >= 15 is 0 Å². The van der Waals surface area contributed by atoms with Crippen LogP contribution in [0.25, 0.3) is 11.3 Å². The summed E-state index contributed by atoms with van der Waals surface area (Å²) in [5.74, 6) is 1.60. The minimum Gasteiger partial charge on any atom is -0.340 e. The lowest BCUT2D eigenvalue weighted by atomic mass is 10.00. The van der Waals surface area contributed by atoms with Crippen LogP contribution in [0.15, 0.2) is 60.9 Å². The van der Waals surface area contributed by atoms with Crippen LogP contribution in [-0.2, 0) is 4.79 Å². The Balaban J connectivity index is 1.73. The predicted octanol–water partition coefficient (Wildman–Crippen LogP) is 5.14. The first-order valence-corrected chi connectivity index (χ1v) is 10.7. The molecule has 1 N–H and O–H groups in total. The van der Waals surface area contributed by atoms with Gasteiger partial charge in [-0.25, -0.2) is 9.97 Å². The van der Waals surface area contributed by atoms with Crippen LogP contribution in [0.4, 0.5) is 11.5 Å². The minimum absolute atomic E-state index is 0.0919. The van der Waals surface area contributed by atoms with E-state index in [2.05, 4.69) is 10.3 Å². The number of rotatable bonds is 6. The molecule has 1 amide bonds. The maximum absolute atomic E-state index is 12.8. The highest BCUT2D eigenvalue weighted by Gasteiger charge is 2.30. The summed E-state index contributed by atoms with van der Waals surface area (Å²) >= 11 is 0. The van der Waals surface area contributed by atoms with Crippen molar-refractivity contribution in [3.63, 3.8) is 0 Å². The van der Waals surface area contributed by atoms with Crippen molar-refractivity contribution >= 4 is 17.4 Å². The summed E-state index contributed by atoms with van der Waals surface area (Å²) in [6.45, 7) is 2.81. The van der Waals surface area contributed by atoms with E-state index in [4.69, 9.17) is 9.97 Å². The van der Waals surface area contributed by atoms with E-state index in [1.54, 1.807) is 12.4 Å². The quantitative estimate of drug-likeness (QED) is 0.619. The number of amides is 1. The number of benzene rings is 1. The van der Waals surface area contributed by atoms with Gasteiger partial charge in [0, 0.05) is 42.7 Å². The molecule has 30 heavy (non-hydrogen) atoms. The number of anilines is 2. The normalized spacial score (nSPS) is 16.3. The van der Waals surface area contributed by atoms with Crippen molar-refractivity contribution in [1.82, 2.24) is 19.9 Å². The first kappa shape index (κ1) is 20.0. The fourth-order valence-electron chi connectivity index (χ4n) is 3.87. The number of nitrogens with zero attached hydrogens (tertiary/aromatic N) is 4. The SMILES string of the molecule is CCCC(=O)N1CCCC[C@@H]1c1nc(Nc2ccccc2)cc(-c2cccnc2)n1. The highest BCUT2D eigenvalue weighted by molar-refractivity contribution is 5.76. The van der Waals surface area contributed by atoms with Crippen LogP contribution in [0.2, 0.25) is 0 Å². The number of para-hydroxylation sites is 1. The Morgan fingerprint density at radius 1 is 1.13 bits per heavy atom. The number of pyridine rings is 1. The predicted molar refractivity (Wildman–Crippen MR) is 118 cm³/mol. The van der Waals surface area contributed by atoms with E-state index < -0.39 is 0 Å². The molecule has 0 unspecified atom stereocenters. The van der Waals surface area contributed by atoms with Gasteiger partial charge in [0.2, 0.25) is 5.91 Å². The average molecular weight is 402 g/mol. The summed E-state index contributed by atoms with van der Waals surface area (Å²) in [6.07, 6.45) is 7.95. The van der Waals surface area contributed by atoms with Crippen LogP contribution in [0.1, 0.15) is 50.9 Å². The van der Waals surface area contributed by atoms with Gasteiger partial charge in [-0.2, -0.15) is 0 Å². The Bertz CT molecular complexity index is 977. The molecule has 1 aliphatic heterocycles. The number of carbonyl (C=O) groups is 1. The zero-order valence-corrected chi connectivity index (χ0v) is 17.3. The molecular weight excluding hydrogens is 374 g/mol. The van der Waals surface area contributed by atoms with Crippen LogP contribution in [-0.4, -0.2) is 32.3 Å². The monoisotopic (exact) mass is 401 g/mol. The molecule has 0 bridgehead atoms. The molecule has 1 atom stereocenters. The van der Waals surface area contributed by atoms with Gasteiger partial charge < -0.3 is 10.2 Å². The molecule has 0 saturated carbocycles. The Kier molecular flexibility index (Phi) is 6.32. The Hall–Kier alpha value is -3.28. The summed E-state index contributed by atoms with van der Waals surface area (Å²) in [5, 5.41) is 3.39.